The van der Waals surface area contributed by atoms with Gasteiger partial charge >= 0.3 is 0 Å². The lowest BCUT2D eigenvalue weighted by molar-refractivity contribution is -0.383. The van der Waals surface area contributed by atoms with E-state index in [1.165, 1.54) is 6.07 Å². The van der Waals surface area contributed by atoms with E-state index in [0.717, 1.165) is 37.9 Å². The van der Waals surface area contributed by atoms with Crippen LogP contribution in [0.4, 0.5) is 11.4 Å². The summed E-state index contributed by atoms with van der Waals surface area (Å²) in [5.74, 6) is 0. The Labute approximate surface area is 123 Å². The Kier molecular flexibility index (Phi) is 5.45. The normalized spacial score (nSPS) is 10.7. The van der Waals surface area contributed by atoms with Crippen molar-refractivity contribution in [1.82, 2.24) is 4.98 Å². The Morgan fingerprint density at radius 1 is 1.19 bits per heavy atom. The predicted molar refractivity (Wildman–Crippen MR) is 82.4 cm³/mol. The second kappa shape index (κ2) is 7.54. The molecule has 0 aliphatic heterocycles. The number of nitrogens with zero attached hydrogens (tertiary/aromatic N) is 2. The first-order chi connectivity index (χ1) is 10.2. The summed E-state index contributed by atoms with van der Waals surface area (Å²) < 4.78 is 0. The third-order valence-corrected chi connectivity index (χ3v) is 3.34. The van der Waals surface area contributed by atoms with E-state index in [4.69, 9.17) is 5.11 Å². The molecule has 0 radical (unpaired) electrons. The Balaban J connectivity index is 2.07. The van der Waals surface area contributed by atoms with Crippen molar-refractivity contribution in [3.05, 3.63) is 40.6 Å². The molecule has 0 bridgehead atoms. The van der Waals surface area contributed by atoms with Gasteiger partial charge in [0.25, 0.3) is 5.69 Å². The topological polar surface area (TPSA) is 88.3 Å². The molecule has 0 fully saturated rings. The Hall–Kier alpha value is -2.21. The zero-order chi connectivity index (χ0) is 15.1. The molecule has 0 aliphatic rings. The van der Waals surface area contributed by atoms with E-state index in [0.29, 0.717) is 10.9 Å². The number of hydrogen-bond donors (Lipinski definition) is 2. The second-order valence-corrected chi connectivity index (χ2v) is 4.85. The van der Waals surface area contributed by atoms with Crippen LogP contribution in [0.3, 0.4) is 0 Å². The molecule has 2 N–H and O–H groups in total. The number of hydrogen-bond acceptors (Lipinski definition) is 5. The molecule has 1 aromatic heterocycles. The minimum Gasteiger partial charge on any atom is -0.396 e. The van der Waals surface area contributed by atoms with Crippen LogP contribution >= 0.6 is 0 Å². The number of nitrogens with one attached hydrogen (secondary N) is 1. The quantitative estimate of drug-likeness (QED) is 0.443. The molecule has 0 saturated heterocycles. The van der Waals surface area contributed by atoms with Crippen LogP contribution in [0.2, 0.25) is 0 Å². The van der Waals surface area contributed by atoms with Gasteiger partial charge in [-0.25, -0.2) is 0 Å². The summed E-state index contributed by atoms with van der Waals surface area (Å²) in [5, 5.41) is 23.6. The number of non-ortho nitro benzene ring substituents is 1. The SMILES string of the molecule is O=[N+]([O-])c1ccc(NCCCCCCO)c2ncccc12. The first-order valence-electron chi connectivity index (χ1n) is 7.11. The lowest BCUT2D eigenvalue weighted by Gasteiger charge is -2.09. The number of unbranched alkanes of at least 4 members (excludes halogenated alkanes) is 3. The van der Waals surface area contributed by atoms with Gasteiger partial charge < -0.3 is 10.4 Å². The molecule has 0 spiro atoms. The number of aliphatic hydroxyl groups is 1. The van der Waals surface area contributed by atoms with Crippen LogP contribution in [-0.2, 0) is 0 Å². The molecule has 112 valence electrons. The maximum atomic E-state index is 11.0. The minimum atomic E-state index is -0.386. The fourth-order valence-corrected chi connectivity index (χ4v) is 2.27. The average molecular weight is 289 g/mol. The predicted octanol–water partition coefficient (Wildman–Crippen LogP) is 3.11. The number of rotatable bonds is 8. The van der Waals surface area contributed by atoms with Crippen molar-refractivity contribution < 1.29 is 10.0 Å². The van der Waals surface area contributed by atoms with E-state index < -0.39 is 0 Å². The van der Waals surface area contributed by atoms with E-state index >= 15 is 0 Å². The lowest BCUT2D eigenvalue weighted by atomic mass is 10.1. The number of benzene rings is 1. The summed E-state index contributed by atoms with van der Waals surface area (Å²) in [7, 11) is 0. The van der Waals surface area contributed by atoms with Crippen LogP contribution in [-0.4, -0.2) is 28.2 Å². The van der Waals surface area contributed by atoms with Crippen molar-refractivity contribution in [2.75, 3.05) is 18.5 Å². The number of nitro benzene ring substituents is 1. The Morgan fingerprint density at radius 2 is 2.00 bits per heavy atom. The second-order valence-electron chi connectivity index (χ2n) is 4.85. The molecule has 1 aromatic carbocycles. The van der Waals surface area contributed by atoms with E-state index in [9.17, 15) is 10.1 Å². The monoisotopic (exact) mass is 289 g/mol. The molecule has 0 amide bonds. The van der Waals surface area contributed by atoms with Gasteiger partial charge in [0.05, 0.1) is 16.0 Å². The van der Waals surface area contributed by atoms with Crippen LogP contribution in [0, 0.1) is 10.1 Å². The van der Waals surface area contributed by atoms with Gasteiger partial charge in [-0.1, -0.05) is 12.8 Å². The number of fused-ring (bicyclic) bond motifs is 1. The summed E-state index contributed by atoms with van der Waals surface area (Å²) in [6.45, 7) is 1.03. The highest BCUT2D eigenvalue weighted by Crippen LogP contribution is 2.29. The first-order valence-corrected chi connectivity index (χ1v) is 7.11. The lowest BCUT2D eigenvalue weighted by Crippen LogP contribution is -2.03. The molecule has 0 atom stereocenters. The summed E-state index contributed by atoms with van der Waals surface area (Å²) in [4.78, 5) is 14.9. The van der Waals surface area contributed by atoms with Crippen molar-refractivity contribution in [1.29, 1.82) is 0 Å². The van der Waals surface area contributed by atoms with Gasteiger partial charge in [-0.05, 0) is 31.0 Å². The van der Waals surface area contributed by atoms with Crippen LogP contribution < -0.4 is 5.32 Å². The zero-order valence-corrected chi connectivity index (χ0v) is 11.8. The maximum Gasteiger partial charge on any atom is 0.278 e. The van der Waals surface area contributed by atoms with Crippen LogP contribution in [0.25, 0.3) is 10.9 Å². The summed E-state index contributed by atoms with van der Waals surface area (Å²) >= 11 is 0. The number of anilines is 1. The number of nitro groups is 1. The first kappa shape index (κ1) is 15.2. The minimum absolute atomic E-state index is 0.0756. The highest BCUT2D eigenvalue weighted by atomic mass is 16.6. The molecule has 0 unspecified atom stereocenters. The molecule has 6 heteroatoms. The van der Waals surface area contributed by atoms with Gasteiger partial charge in [0.1, 0.15) is 5.52 Å². The van der Waals surface area contributed by atoms with Crippen molar-refractivity contribution >= 4 is 22.3 Å². The average Bonchev–Trinajstić information content (AvgIpc) is 2.50. The zero-order valence-electron chi connectivity index (χ0n) is 11.8. The van der Waals surface area contributed by atoms with Crippen molar-refractivity contribution in [2.24, 2.45) is 0 Å². The highest BCUT2D eigenvalue weighted by Gasteiger charge is 2.14. The summed E-state index contributed by atoms with van der Waals surface area (Å²) in [6, 6.07) is 6.64. The fraction of sp³-hybridized carbons (Fsp3) is 0.400. The van der Waals surface area contributed by atoms with E-state index in [1.807, 2.05) is 0 Å². The maximum absolute atomic E-state index is 11.0. The third kappa shape index (κ3) is 3.88. The Bertz CT molecular complexity index is 616. The van der Waals surface area contributed by atoms with E-state index in [1.54, 1.807) is 24.4 Å². The third-order valence-electron chi connectivity index (χ3n) is 3.34. The number of aromatic nitrogens is 1. The van der Waals surface area contributed by atoms with Gasteiger partial charge in [-0.15, -0.1) is 0 Å². The molecule has 21 heavy (non-hydrogen) atoms. The van der Waals surface area contributed by atoms with Crippen molar-refractivity contribution in [3.8, 4) is 0 Å². The molecular weight excluding hydrogens is 270 g/mol. The van der Waals surface area contributed by atoms with E-state index in [2.05, 4.69) is 10.3 Å². The van der Waals surface area contributed by atoms with Crippen molar-refractivity contribution in [2.45, 2.75) is 25.7 Å². The van der Waals surface area contributed by atoms with Crippen LogP contribution in [0.1, 0.15) is 25.7 Å². The van der Waals surface area contributed by atoms with Gasteiger partial charge in [0.2, 0.25) is 0 Å². The van der Waals surface area contributed by atoms with Crippen LogP contribution in [0.15, 0.2) is 30.5 Å². The van der Waals surface area contributed by atoms with Crippen molar-refractivity contribution in [3.63, 3.8) is 0 Å². The van der Waals surface area contributed by atoms with Crippen LogP contribution in [0.5, 0.6) is 0 Å². The smallest absolute Gasteiger partial charge is 0.278 e. The molecule has 2 rings (SSSR count). The van der Waals surface area contributed by atoms with Gasteiger partial charge in [0, 0.05) is 25.4 Å². The molecule has 1 heterocycles. The fourth-order valence-electron chi connectivity index (χ4n) is 2.27. The summed E-state index contributed by atoms with van der Waals surface area (Å²) in [6.07, 6.45) is 5.52. The number of pyridine rings is 1. The van der Waals surface area contributed by atoms with Gasteiger partial charge in [-0.2, -0.15) is 0 Å². The largest absolute Gasteiger partial charge is 0.396 e. The molecule has 0 aliphatic carbocycles. The Morgan fingerprint density at radius 3 is 2.76 bits per heavy atom. The van der Waals surface area contributed by atoms with Gasteiger partial charge in [0.15, 0.2) is 0 Å². The molecular formula is C15H19N3O3. The molecule has 6 nitrogen and oxygen atoms in total. The standard InChI is InChI=1S/C15H19N3O3/c19-11-4-2-1-3-9-16-13-7-8-14(18(20)21)12-6-5-10-17-15(12)13/h5-8,10,16,19H,1-4,9,11H2. The molecule has 0 saturated carbocycles. The van der Waals surface area contributed by atoms with Gasteiger partial charge in [-0.3, -0.25) is 15.1 Å². The highest BCUT2D eigenvalue weighted by molar-refractivity contribution is 5.96. The van der Waals surface area contributed by atoms with E-state index in [-0.39, 0.29) is 17.2 Å². The number of aliphatic hydroxyl groups excluding tert-OH is 1. The summed E-state index contributed by atoms with van der Waals surface area (Å²) in [5.41, 5.74) is 1.52. The molecule has 2 aromatic rings.